The van der Waals surface area contributed by atoms with Crippen molar-refractivity contribution in [2.24, 2.45) is 11.3 Å². The molecule has 0 spiro atoms. The summed E-state index contributed by atoms with van der Waals surface area (Å²) in [5.41, 5.74) is 1.42. The topological polar surface area (TPSA) is 59.1 Å². The van der Waals surface area contributed by atoms with Crippen LogP contribution < -0.4 is 9.64 Å². The number of halogens is 6. The van der Waals surface area contributed by atoms with Gasteiger partial charge in [0, 0.05) is 31.8 Å². The van der Waals surface area contributed by atoms with E-state index in [0.717, 1.165) is 23.1 Å². The average Bonchev–Trinajstić information content (AvgIpc) is 3.19. The van der Waals surface area contributed by atoms with Crippen molar-refractivity contribution in [2.45, 2.75) is 77.9 Å². The van der Waals surface area contributed by atoms with Crippen LogP contribution >= 0.6 is 0 Å². The molecule has 6 nitrogen and oxygen atoms in total. The van der Waals surface area contributed by atoms with Crippen molar-refractivity contribution in [2.75, 3.05) is 25.6 Å². The van der Waals surface area contributed by atoms with E-state index >= 15 is 0 Å². The largest absolute Gasteiger partial charge is 0.496 e. The van der Waals surface area contributed by atoms with E-state index in [1.165, 1.54) is 23.8 Å². The Kier molecular flexibility index (Phi) is 8.74. The van der Waals surface area contributed by atoms with Crippen molar-refractivity contribution in [3.8, 4) is 5.75 Å². The summed E-state index contributed by atoms with van der Waals surface area (Å²) in [4.78, 5) is 28.0. The molecule has 43 heavy (non-hydrogen) atoms. The van der Waals surface area contributed by atoms with E-state index in [9.17, 15) is 35.9 Å². The number of hydrogen-bond donors (Lipinski definition) is 0. The number of carbonyl (C=O) groups excluding carboxylic acids is 2. The number of methoxy groups -OCH3 is 1. The number of nitrogens with zero attached hydrogens (tertiary/aromatic N) is 2. The lowest BCUT2D eigenvalue weighted by molar-refractivity contribution is -0.163. The Labute approximate surface area is 247 Å². The molecular formula is C31H36F6N2O4. The first-order valence-electron chi connectivity index (χ1n) is 14.0. The number of carbonyl (C=O) groups is 2. The molecule has 0 N–H and O–H groups in total. The van der Waals surface area contributed by atoms with Crippen LogP contribution in [0.1, 0.15) is 58.9 Å². The third-order valence-corrected chi connectivity index (χ3v) is 8.58. The molecule has 4 rings (SSSR count). The molecule has 1 saturated heterocycles. The van der Waals surface area contributed by atoms with E-state index in [4.69, 9.17) is 9.47 Å². The SMILES string of the molecule is COc1ccc(N(C)C(C)=O)cc1C1=C(CN2C(=O)O[C@H](C3=CC(C(F)(F)F)=CC(C(F)(F)F)C3)[C@@H]2C)CC(C)(C)CC1. The highest BCUT2D eigenvalue weighted by Crippen LogP contribution is 2.47. The van der Waals surface area contributed by atoms with Gasteiger partial charge in [0.25, 0.3) is 0 Å². The molecular weight excluding hydrogens is 578 g/mol. The summed E-state index contributed by atoms with van der Waals surface area (Å²) >= 11 is 0. The Hall–Kier alpha value is -3.44. The Morgan fingerprint density at radius 3 is 2.44 bits per heavy atom. The number of rotatable bonds is 6. The van der Waals surface area contributed by atoms with Crippen molar-refractivity contribution in [3.05, 3.63) is 52.6 Å². The smallest absolute Gasteiger partial charge is 0.416 e. The highest BCUT2D eigenvalue weighted by atomic mass is 19.4. The molecule has 1 aliphatic heterocycles. The van der Waals surface area contributed by atoms with E-state index in [1.807, 2.05) is 6.07 Å². The molecule has 1 unspecified atom stereocenters. The maximum Gasteiger partial charge on any atom is 0.416 e. The zero-order valence-electron chi connectivity index (χ0n) is 24.9. The second-order valence-electron chi connectivity index (χ2n) is 12.2. The van der Waals surface area contributed by atoms with Gasteiger partial charge in [-0.3, -0.25) is 9.69 Å². The van der Waals surface area contributed by atoms with Crippen molar-refractivity contribution in [3.63, 3.8) is 0 Å². The molecule has 1 aromatic carbocycles. The lowest BCUT2D eigenvalue weighted by Crippen LogP contribution is -2.38. The summed E-state index contributed by atoms with van der Waals surface area (Å²) in [6.45, 7) is 7.26. The minimum Gasteiger partial charge on any atom is -0.496 e. The van der Waals surface area contributed by atoms with Crippen molar-refractivity contribution < 1.29 is 45.4 Å². The Morgan fingerprint density at radius 2 is 1.86 bits per heavy atom. The quantitative estimate of drug-likeness (QED) is 0.307. The first-order chi connectivity index (χ1) is 19.8. The molecule has 0 radical (unpaired) electrons. The third kappa shape index (κ3) is 6.88. The number of ether oxygens (including phenoxy) is 2. The zero-order chi connectivity index (χ0) is 32.1. The van der Waals surface area contributed by atoms with Gasteiger partial charge in [-0.25, -0.2) is 4.79 Å². The lowest BCUT2D eigenvalue weighted by Gasteiger charge is -2.36. The molecule has 0 bridgehead atoms. The Balaban J connectivity index is 1.71. The normalized spacial score (nSPS) is 24.4. The zero-order valence-corrected chi connectivity index (χ0v) is 24.9. The fourth-order valence-electron chi connectivity index (χ4n) is 6.04. The van der Waals surface area contributed by atoms with Crippen LogP contribution in [-0.2, 0) is 9.53 Å². The van der Waals surface area contributed by atoms with Crippen LogP contribution in [0.2, 0.25) is 0 Å². The molecule has 2 aliphatic carbocycles. The number of cyclic esters (lactones) is 1. The van der Waals surface area contributed by atoms with Gasteiger partial charge in [-0.15, -0.1) is 0 Å². The average molecular weight is 615 g/mol. The van der Waals surface area contributed by atoms with Gasteiger partial charge in [0.1, 0.15) is 11.9 Å². The fraction of sp³-hybridized carbons (Fsp3) is 0.548. The van der Waals surface area contributed by atoms with Gasteiger partial charge >= 0.3 is 18.4 Å². The molecule has 3 atom stereocenters. The second kappa shape index (κ2) is 11.6. The van der Waals surface area contributed by atoms with Crippen LogP contribution in [0.4, 0.5) is 36.8 Å². The predicted molar refractivity (Wildman–Crippen MR) is 149 cm³/mol. The number of alkyl halides is 6. The summed E-state index contributed by atoms with van der Waals surface area (Å²) in [7, 11) is 3.18. The highest BCUT2D eigenvalue weighted by Gasteiger charge is 2.49. The maximum absolute atomic E-state index is 13.6. The van der Waals surface area contributed by atoms with Gasteiger partial charge < -0.3 is 14.4 Å². The minimum atomic E-state index is -4.99. The van der Waals surface area contributed by atoms with Gasteiger partial charge in [0.2, 0.25) is 5.91 Å². The number of amides is 2. The molecule has 236 valence electrons. The van der Waals surface area contributed by atoms with E-state index < -0.39 is 48.5 Å². The van der Waals surface area contributed by atoms with Gasteiger partial charge in [0.05, 0.1) is 24.6 Å². The van der Waals surface area contributed by atoms with Crippen LogP contribution in [-0.4, -0.2) is 62.1 Å². The summed E-state index contributed by atoms with van der Waals surface area (Å²) in [6, 6.07) is 4.54. The summed E-state index contributed by atoms with van der Waals surface area (Å²) in [6.07, 6.45) is -9.79. The Bertz CT molecular complexity index is 1370. The molecule has 0 aromatic heterocycles. The van der Waals surface area contributed by atoms with Gasteiger partial charge in [-0.2, -0.15) is 26.3 Å². The first-order valence-corrected chi connectivity index (χ1v) is 14.0. The van der Waals surface area contributed by atoms with Crippen molar-refractivity contribution in [1.82, 2.24) is 4.90 Å². The standard InChI is InChI=1S/C31H36F6N2O4/c1-17-27(19-11-21(30(32,33)34)13-22(12-19)31(35,36)37)43-28(41)39(17)16-20-15-29(3,4)10-9-24(20)25-14-23(38(5)18(2)40)7-8-26(25)42-6/h7-8,11,13-14,17,22,27H,9-10,12,15-16H2,1-6H3/t17-,22?,27-/m0/s1. The summed E-state index contributed by atoms with van der Waals surface area (Å²) in [5.74, 6) is -1.94. The first kappa shape index (κ1) is 32.5. The van der Waals surface area contributed by atoms with E-state index in [1.54, 1.807) is 26.1 Å². The number of hydrogen-bond acceptors (Lipinski definition) is 4. The minimum absolute atomic E-state index is 0.0726. The summed E-state index contributed by atoms with van der Waals surface area (Å²) in [5, 5.41) is 0. The maximum atomic E-state index is 13.6. The number of allylic oxidation sites excluding steroid dienone is 4. The van der Waals surface area contributed by atoms with Crippen LogP contribution in [0, 0.1) is 11.3 Å². The number of anilines is 1. The predicted octanol–water partition coefficient (Wildman–Crippen LogP) is 7.85. The van der Waals surface area contributed by atoms with Crippen LogP contribution in [0.15, 0.2) is 47.1 Å². The third-order valence-electron chi connectivity index (χ3n) is 8.58. The molecule has 3 aliphatic rings. The van der Waals surface area contributed by atoms with Gasteiger partial charge in [-0.1, -0.05) is 19.9 Å². The lowest BCUT2D eigenvalue weighted by atomic mass is 9.72. The van der Waals surface area contributed by atoms with E-state index in [-0.39, 0.29) is 29.5 Å². The van der Waals surface area contributed by atoms with E-state index in [0.29, 0.717) is 30.4 Å². The van der Waals surface area contributed by atoms with E-state index in [2.05, 4.69) is 13.8 Å². The van der Waals surface area contributed by atoms with Crippen LogP contribution in [0.25, 0.3) is 5.57 Å². The molecule has 2 amide bonds. The molecule has 0 saturated carbocycles. The van der Waals surface area contributed by atoms with Gasteiger partial charge in [0.15, 0.2) is 0 Å². The van der Waals surface area contributed by atoms with Gasteiger partial charge in [-0.05, 0) is 79.0 Å². The monoisotopic (exact) mass is 614 g/mol. The molecule has 12 heteroatoms. The van der Waals surface area contributed by atoms with Crippen LogP contribution in [0.3, 0.4) is 0 Å². The van der Waals surface area contributed by atoms with Crippen molar-refractivity contribution >= 4 is 23.3 Å². The molecule has 1 heterocycles. The van der Waals surface area contributed by atoms with Crippen LogP contribution in [0.5, 0.6) is 5.75 Å². The molecule has 1 aromatic rings. The second-order valence-corrected chi connectivity index (χ2v) is 12.2. The highest BCUT2D eigenvalue weighted by molar-refractivity contribution is 5.92. The Morgan fingerprint density at radius 1 is 1.19 bits per heavy atom. The molecule has 1 fully saturated rings. The summed E-state index contributed by atoms with van der Waals surface area (Å²) < 4.78 is 92.5. The van der Waals surface area contributed by atoms with Crippen molar-refractivity contribution in [1.29, 1.82) is 0 Å². The number of benzene rings is 1. The fourth-order valence-corrected chi connectivity index (χ4v) is 6.04.